The van der Waals surface area contributed by atoms with Crippen LogP contribution in [-0.2, 0) is 33.2 Å². The summed E-state index contributed by atoms with van der Waals surface area (Å²) in [5.41, 5.74) is 6.16. The molecule has 0 aromatic heterocycles. The van der Waals surface area contributed by atoms with Gasteiger partial charge in [-0.05, 0) is 13.8 Å². The molecular formula is C13H25F3N2O7S. The van der Waals surface area contributed by atoms with Crippen LogP contribution in [0.1, 0.15) is 20.3 Å². The Labute approximate surface area is 150 Å². The van der Waals surface area contributed by atoms with E-state index >= 15 is 0 Å². The van der Waals surface area contributed by atoms with E-state index in [0.29, 0.717) is 0 Å². The highest BCUT2D eigenvalue weighted by atomic mass is 32.2. The van der Waals surface area contributed by atoms with Gasteiger partial charge in [0.2, 0.25) is 0 Å². The minimum atomic E-state index is -5.75. The third kappa shape index (κ3) is 6.88. The van der Waals surface area contributed by atoms with Crippen molar-refractivity contribution in [3.63, 3.8) is 0 Å². The largest absolute Gasteiger partial charge is 0.523 e. The molecule has 0 unspecified atom stereocenters. The van der Waals surface area contributed by atoms with E-state index in [4.69, 9.17) is 30.4 Å². The topological polar surface area (TPSA) is 132 Å². The number of ether oxygens (including phenoxy) is 4. The maximum atomic E-state index is 12.3. The summed E-state index contributed by atoms with van der Waals surface area (Å²) < 4.78 is 84.2. The quantitative estimate of drug-likeness (QED) is 0.307. The van der Waals surface area contributed by atoms with Crippen LogP contribution < -0.4 is 11.5 Å². The summed E-state index contributed by atoms with van der Waals surface area (Å²) in [4.78, 5) is 0. The van der Waals surface area contributed by atoms with E-state index in [2.05, 4.69) is 4.18 Å². The Morgan fingerprint density at radius 2 is 1.96 bits per heavy atom. The minimum absolute atomic E-state index is 0.0773. The lowest BCUT2D eigenvalue weighted by molar-refractivity contribution is -0.284. The van der Waals surface area contributed by atoms with Gasteiger partial charge in [0.1, 0.15) is 6.79 Å². The molecule has 1 rings (SSSR count). The monoisotopic (exact) mass is 410 g/mol. The summed E-state index contributed by atoms with van der Waals surface area (Å²) in [6, 6.07) is -1.73. The molecule has 4 atom stereocenters. The molecule has 156 valence electrons. The summed E-state index contributed by atoms with van der Waals surface area (Å²) in [6.45, 7) is 2.40. The predicted octanol–water partition coefficient (Wildman–Crippen LogP) is 0.0379. The molecule has 0 aromatic carbocycles. The van der Waals surface area contributed by atoms with Crippen molar-refractivity contribution in [3.05, 3.63) is 0 Å². The SMILES string of the molecule is COCO[C@@H](C[C@@H]1OC(C)(C)OC[C@H]1N)[C@H](N)COS(=O)(=O)C(F)(F)F. The average molecular weight is 410 g/mol. The smallest absolute Gasteiger partial charge is 0.359 e. The van der Waals surface area contributed by atoms with Crippen LogP contribution in [-0.4, -0.2) is 71.1 Å². The van der Waals surface area contributed by atoms with Gasteiger partial charge in [0.25, 0.3) is 0 Å². The third-order valence-electron chi connectivity index (χ3n) is 3.58. The lowest BCUT2D eigenvalue weighted by Crippen LogP contribution is -2.55. The minimum Gasteiger partial charge on any atom is -0.359 e. The molecule has 1 aliphatic heterocycles. The molecule has 0 radical (unpaired) electrons. The fourth-order valence-electron chi connectivity index (χ4n) is 2.21. The van der Waals surface area contributed by atoms with Crippen molar-refractivity contribution in [2.24, 2.45) is 11.5 Å². The normalized spacial score (nSPS) is 26.5. The second-order valence-electron chi connectivity index (χ2n) is 6.23. The molecule has 13 heteroatoms. The van der Waals surface area contributed by atoms with Crippen LogP contribution in [0.3, 0.4) is 0 Å². The van der Waals surface area contributed by atoms with Crippen molar-refractivity contribution in [2.75, 3.05) is 27.1 Å². The average Bonchev–Trinajstić information content (AvgIpc) is 2.51. The number of hydrogen-bond acceptors (Lipinski definition) is 9. The van der Waals surface area contributed by atoms with Gasteiger partial charge in [-0.3, -0.25) is 4.18 Å². The number of methoxy groups -OCH3 is 1. The molecule has 0 amide bonds. The number of halogens is 3. The first-order valence-corrected chi connectivity index (χ1v) is 9.09. The summed E-state index contributed by atoms with van der Waals surface area (Å²) in [5.74, 6) is -0.910. The van der Waals surface area contributed by atoms with Crippen molar-refractivity contribution >= 4 is 10.1 Å². The molecule has 0 bridgehead atoms. The Morgan fingerprint density at radius 1 is 1.35 bits per heavy atom. The second kappa shape index (κ2) is 9.10. The first-order chi connectivity index (χ1) is 11.8. The number of hydrogen-bond donors (Lipinski definition) is 2. The van der Waals surface area contributed by atoms with E-state index < -0.39 is 52.3 Å². The van der Waals surface area contributed by atoms with Crippen LogP contribution in [0.15, 0.2) is 0 Å². The summed E-state index contributed by atoms with van der Waals surface area (Å²) in [7, 11) is -4.41. The van der Waals surface area contributed by atoms with Gasteiger partial charge in [-0.25, -0.2) is 0 Å². The summed E-state index contributed by atoms with van der Waals surface area (Å²) in [5, 5.41) is 0. The number of alkyl halides is 3. The van der Waals surface area contributed by atoms with Crippen molar-refractivity contribution in [1.29, 1.82) is 0 Å². The predicted molar refractivity (Wildman–Crippen MR) is 83.1 cm³/mol. The third-order valence-corrected chi connectivity index (χ3v) is 4.59. The Morgan fingerprint density at radius 3 is 2.50 bits per heavy atom. The van der Waals surface area contributed by atoms with E-state index in [1.165, 1.54) is 7.11 Å². The van der Waals surface area contributed by atoms with E-state index in [0.717, 1.165) is 0 Å². The van der Waals surface area contributed by atoms with Gasteiger partial charge in [0, 0.05) is 13.5 Å². The van der Waals surface area contributed by atoms with E-state index in [1.807, 2.05) is 0 Å². The van der Waals surface area contributed by atoms with Crippen LogP contribution in [0.2, 0.25) is 0 Å². The van der Waals surface area contributed by atoms with Crippen molar-refractivity contribution in [2.45, 2.75) is 55.9 Å². The molecule has 0 aliphatic carbocycles. The highest BCUT2D eigenvalue weighted by Gasteiger charge is 2.48. The van der Waals surface area contributed by atoms with Crippen LogP contribution >= 0.6 is 0 Å². The lowest BCUT2D eigenvalue weighted by Gasteiger charge is -2.41. The molecule has 1 heterocycles. The fourth-order valence-corrected chi connectivity index (χ4v) is 2.68. The van der Waals surface area contributed by atoms with Crippen LogP contribution in [0, 0.1) is 0 Å². The van der Waals surface area contributed by atoms with Gasteiger partial charge in [-0.2, -0.15) is 21.6 Å². The van der Waals surface area contributed by atoms with Gasteiger partial charge < -0.3 is 30.4 Å². The maximum Gasteiger partial charge on any atom is 0.523 e. The highest BCUT2D eigenvalue weighted by molar-refractivity contribution is 7.87. The highest BCUT2D eigenvalue weighted by Crippen LogP contribution is 2.27. The van der Waals surface area contributed by atoms with Gasteiger partial charge in [0.05, 0.1) is 37.5 Å². The zero-order valence-corrected chi connectivity index (χ0v) is 15.5. The van der Waals surface area contributed by atoms with Gasteiger partial charge in [-0.1, -0.05) is 0 Å². The van der Waals surface area contributed by atoms with Crippen molar-refractivity contribution < 1.29 is 44.7 Å². The lowest BCUT2D eigenvalue weighted by atomic mass is 9.99. The zero-order valence-electron chi connectivity index (χ0n) is 14.7. The standard InChI is InChI=1S/C13H25F3N2O7S/c1-12(2)23-5-8(17)11(25-12)4-10(22-7-21-3)9(18)6-24-26(19,20)13(14,15)16/h8-11H,4-7,17-18H2,1-3H3/t8-,9-,10+,11+/m1/s1. The second-order valence-corrected chi connectivity index (χ2v) is 7.83. The van der Waals surface area contributed by atoms with Crippen LogP contribution in [0.4, 0.5) is 13.2 Å². The molecule has 4 N–H and O–H groups in total. The summed E-state index contributed by atoms with van der Waals surface area (Å²) in [6.07, 6.45) is -1.43. The van der Waals surface area contributed by atoms with Crippen LogP contribution in [0.5, 0.6) is 0 Å². The zero-order chi connectivity index (χ0) is 20.2. The Hall–Kier alpha value is -0.540. The summed E-state index contributed by atoms with van der Waals surface area (Å²) >= 11 is 0. The fraction of sp³-hybridized carbons (Fsp3) is 1.00. The first-order valence-electron chi connectivity index (χ1n) is 7.68. The molecule has 0 aromatic rings. The van der Waals surface area contributed by atoms with Crippen molar-refractivity contribution in [3.8, 4) is 0 Å². The Balaban J connectivity index is 2.75. The molecule has 1 fully saturated rings. The van der Waals surface area contributed by atoms with Gasteiger partial charge in [-0.15, -0.1) is 0 Å². The molecule has 26 heavy (non-hydrogen) atoms. The molecule has 1 aliphatic rings. The van der Waals surface area contributed by atoms with Gasteiger partial charge >= 0.3 is 15.6 Å². The molecular weight excluding hydrogens is 385 g/mol. The Kier molecular flexibility index (Phi) is 8.23. The van der Waals surface area contributed by atoms with Crippen LogP contribution in [0.25, 0.3) is 0 Å². The van der Waals surface area contributed by atoms with E-state index in [-0.39, 0.29) is 19.8 Å². The number of rotatable bonds is 9. The molecule has 0 spiro atoms. The van der Waals surface area contributed by atoms with E-state index in [9.17, 15) is 21.6 Å². The van der Waals surface area contributed by atoms with Crippen molar-refractivity contribution in [1.82, 2.24) is 0 Å². The number of nitrogens with two attached hydrogens (primary N) is 2. The maximum absolute atomic E-state index is 12.3. The van der Waals surface area contributed by atoms with E-state index in [1.54, 1.807) is 13.8 Å². The first kappa shape index (κ1) is 23.5. The molecule has 1 saturated heterocycles. The molecule has 9 nitrogen and oxygen atoms in total. The molecule has 0 saturated carbocycles. The Bertz CT molecular complexity index is 544. The van der Waals surface area contributed by atoms with Gasteiger partial charge in [0.15, 0.2) is 5.79 Å².